The first-order chi connectivity index (χ1) is 7.26. The summed E-state index contributed by atoms with van der Waals surface area (Å²) in [6.45, 7) is 3.06. The lowest BCUT2D eigenvalue weighted by Gasteiger charge is -2.33. The monoisotopic (exact) mass is 228 g/mol. The summed E-state index contributed by atoms with van der Waals surface area (Å²) in [6, 6.07) is 0.0790. The molecule has 0 aliphatic heterocycles. The third-order valence-corrected chi connectivity index (χ3v) is 3.51. The maximum Gasteiger partial charge on any atom is 0.329 e. The minimum absolute atomic E-state index is 0.0790. The van der Waals surface area contributed by atoms with E-state index in [9.17, 15) is 9.59 Å². The van der Waals surface area contributed by atoms with Gasteiger partial charge in [-0.05, 0) is 33.1 Å². The molecule has 5 nitrogen and oxygen atoms in total. The SMILES string of the molecule is CN(C(=O)C1CCC(N)C1)C(C)(C)C(=O)O. The van der Waals surface area contributed by atoms with Crippen molar-refractivity contribution in [3.8, 4) is 0 Å². The van der Waals surface area contributed by atoms with Crippen LogP contribution in [0.5, 0.6) is 0 Å². The number of nitrogens with zero attached hydrogens (tertiary/aromatic N) is 1. The smallest absolute Gasteiger partial charge is 0.329 e. The first-order valence-electron chi connectivity index (χ1n) is 5.53. The summed E-state index contributed by atoms with van der Waals surface area (Å²) < 4.78 is 0. The van der Waals surface area contributed by atoms with E-state index in [1.807, 2.05) is 0 Å². The molecular weight excluding hydrogens is 208 g/mol. The molecule has 0 aromatic heterocycles. The van der Waals surface area contributed by atoms with E-state index in [4.69, 9.17) is 10.8 Å². The predicted molar refractivity (Wildman–Crippen MR) is 59.8 cm³/mol. The summed E-state index contributed by atoms with van der Waals surface area (Å²) in [6.07, 6.45) is 2.27. The first-order valence-corrected chi connectivity index (χ1v) is 5.53. The average Bonchev–Trinajstić information content (AvgIpc) is 2.62. The van der Waals surface area contributed by atoms with Crippen molar-refractivity contribution in [3.05, 3.63) is 0 Å². The molecule has 2 atom stereocenters. The van der Waals surface area contributed by atoms with E-state index in [0.717, 1.165) is 12.8 Å². The molecule has 2 unspecified atom stereocenters. The van der Waals surface area contributed by atoms with Crippen molar-refractivity contribution < 1.29 is 14.7 Å². The van der Waals surface area contributed by atoms with Crippen molar-refractivity contribution in [1.29, 1.82) is 0 Å². The highest BCUT2D eigenvalue weighted by Gasteiger charge is 2.39. The molecule has 1 aliphatic carbocycles. The van der Waals surface area contributed by atoms with Crippen molar-refractivity contribution in [2.75, 3.05) is 7.05 Å². The van der Waals surface area contributed by atoms with Crippen LogP contribution in [0.2, 0.25) is 0 Å². The van der Waals surface area contributed by atoms with Gasteiger partial charge in [0.1, 0.15) is 5.54 Å². The Bertz CT molecular complexity index is 302. The van der Waals surface area contributed by atoms with Crippen LogP contribution >= 0.6 is 0 Å². The van der Waals surface area contributed by atoms with E-state index >= 15 is 0 Å². The van der Waals surface area contributed by atoms with Crippen molar-refractivity contribution in [2.24, 2.45) is 11.7 Å². The number of rotatable bonds is 3. The summed E-state index contributed by atoms with van der Waals surface area (Å²) >= 11 is 0. The fourth-order valence-corrected chi connectivity index (χ4v) is 1.93. The fourth-order valence-electron chi connectivity index (χ4n) is 1.93. The van der Waals surface area contributed by atoms with Crippen LogP contribution < -0.4 is 5.73 Å². The summed E-state index contributed by atoms with van der Waals surface area (Å²) in [5.41, 5.74) is 4.58. The Kier molecular flexibility index (Phi) is 3.57. The van der Waals surface area contributed by atoms with Crippen LogP contribution in [0.1, 0.15) is 33.1 Å². The van der Waals surface area contributed by atoms with Gasteiger partial charge >= 0.3 is 5.97 Å². The highest BCUT2D eigenvalue weighted by Crippen LogP contribution is 2.28. The highest BCUT2D eigenvalue weighted by molar-refractivity contribution is 5.87. The van der Waals surface area contributed by atoms with Crippen LogP contribution in [0.15, 0.2) is 0 Å². The molecule has 16 heavy (non-hydrogen) atoms. The Morgan fingerprint density at radius 3 is 2.31 bits per heavy atom. The number of carbonyl (C=O) groups is 2. The molecule has 1 amide bonds. The lowest BCUT2D eigenvalue weighted by atomic mass is 9.99. The molecule has 0 spiro atoms. The number of hydrogen-bond donors (Lipinski definition) is 2. The second kappa shape index (κ2) is 4.41. The molecule has 0 aromatic rings. The van der Waals surface area contributed by atoms with E-state index in [1.165, 1.54) is 18.7 Å². The predicted octanol–water partition coefficient (Wildman–Crippen LogP) is 0.435. The second-order valence-electron chi connectivity index (χ2n) is 5.03. The number of likely N-dealkylation sites (N-methyl/N-ethyl adjacent to an activating group) is 1. The van der Waals surface area contributed by atoms with Crippen LogP contribution in [0.25, 0.3) is 0 Å². The third kappa shape index (κ3) is 2.35. The molecule has 5 heteroatoms. The number of carboxylic acid groups (broad SMARTS) is 1. The lowest BCUT2D eigenvalue weighted by molar-refractivity contribution is -0.156. The average molecular weight is 228 g/mol. The van der Waals surface area contributed by atoms with E-state index in [0.29, 0.717) is 6.42 Å². The molecule has 92 valence electrons. The topological polar surface area (TPSA) is 83.6 Å². The summed E-state index contributed by atoms with van der Waals surface area (Å²) in [4.78, 5) is 24.4. The quantitative estimate of drug-likeness (QED) is 0.734. The molecule has 0 bridgehead atoms. The highest BCUT2D eigenvalue weighted by atomic mass is 16.4. The van der Waals surface area contributed by atoms with Gasteiger partial charge < -0.3 is 15.7 Å². The maximum atomic E-state index is 12.0. The van der Waals surface area contributed by atoms with Gasteiger partial charge in [0.25, 0.3) is 0 Å². The van der Waals surface area contributed by atoms with Gasteiger partial charge in [0, 0.05) is 19.0 Å². The molecule has 3 N–H and O–H groups in total. The van der Waals surface area contributed by atoms with Gasteiger partial charge in [-0.25, -0.2) is 4.79 Å². The van der Waals surface area contributed by atoms with Crippen LogP contribution in [0.4, 0.5) is 0 Å². The number of carboxylic acids is 1. The third-order valence-electron chi connectivity index (χ3n) is 3.51. The van der Waals surface area contributed by atoms with Gasteiger partial charge in [-0.2, -0.15) is 0 Å². The van der Waals surface area contributed by atoms with Gasteiger partial charge in [-0.3, -0.25) is 4.79 Å². The lowest BCUT2D eigenvalue weighted by Crippen LogP contribution is -2.52. The minimum atomic E-state index is -1.16. The van der Waals surface area contributed by atoms with Gasteiger partial charge in [-0.15, -0.1) is 0 Å². The Labute approximate surface area is 95.6 Å². The summed E-state index contributed by atoms with van der Waals surface area (Å²) in [7, 11) is 1.54. The van der Waals surface area contributed by atoms with Gasteiger partial charge in [0.05, 0.1) is 0 Å². The van der Waals surface area contributed by atoms with Crippen molar-refractivity contribution >= 4 is 11.9 Å². The van der Waals surface area contributed by atoms with Gasteiger partial charge in [0.2, 0.25) is 5.91 Å². The standard InChI is InChI=1S/C11H20N2O3/c1-11(2,10(15)16)13(3)9(14)7-4-5-8(12)6-7/h7-8H,4-6,12H2,1-3H3,(H,15,16). The van der Waals surface area contributed by atoms with Gasteiger partial charge in [0.15, 0.2) is 0 Å². The largest absolute Gasteiger partial charge is 0.480 e. The molecule has 0 radical (unpaired) electrons. The fraction of sp³-hybridized carbons (Fsp3) is 0.818. The van der Waals surface area contributed by atoms with E-state index in [1.54, 1.807) is 7.05 Å². The molecule has 1 aliphatic rings. The summed E-state index contributed by atoms with van der Waals surface area (Å²) in [5.74, 6) is -1.22. The number of hydrogen-bond acceptors (Lipinski definition) is 3. The zero-order valence-corrected chi connectivity index (χ0v) is 10.1. The normalized spacial score (nSPS) is 25.5. The zero-order chi connectivity index (χ0) is 12.5. The Hall–Kier alpha value is -1.10. The molecule has 1 saturated carbocycles. The zero-order valence-electron chi connectivity index (χ0n) is 10.1. The Morgan fingerprint density at radius 1 is 1.38 bits per heavy atom. The molecule has 0 saturated heterocycles. The number of carbonyl (C=O) groups excluding carboxylic acids is 1. The first kappa shape index (κ1) is 13.0. The van der Waals surface area contributed by atoms with E-state index in [2.05, 4.69) is 0 Å². The molecule has 0 aromatic carbocycles. The molecule has 1 rings (SSSR count). The van der Waals surface area contributed by atoms with E-state index < -0.39 is 11.5 Å². The van der Waals surface area contributed by atoms with Crippen LogP contribution in [0.3, 0.4) is 0 Å². The number of amides is 1. The van der Waals surface area contributed by atoms with Crippen LogP contribution in [-0.2, 0) is 9.59 Å². The number of nitrogens with two attached hydrogens (primary N) is 1. The molecule has 0 heterocycles. The van der Waals surface area contributed by atoms with Crippen molar-refractivity contribution in [2.45, 2.75) is 44.7 Å². The molecule has 1 fully saturated rings. The minimum Gasteiger partial charge on any atom is -0.480 e. The maximum absolute atomic E-state index is 12.0. The number of aliphatic carboxylic acids is 1. The Morgan fingerprint density at radius 2 is 1.94 bits per heavy atom. The van der Waals surface area contributed by atoms with Crippen LogP contribution in [0, 0.1) is 5.92 Å². The van der Waals surface area contributed by atoms with E-state index in [-0.39, 0.29) is 17.9 Å². The van der Waals surface area contributed by atoms with Crippen molar-refractivity contribution in [3.63, 3.8) is 0 Å². The summed E-state index contributed by atoms with van der Waals surface area (Å²) in [5, 5.41) is 9.04. The molecular formula is C11H20N2O3. The van der Waals surface area contributed by atoms with Crippen LogP contribution in [-0.4, -0.2) is 40.5 Å². The van der Waals surface area contributed by atoms with Crippen molar-refractivity contribution in [1.82, 2.24) is 4.90 Å². The van der Waals surface area contributed by atoms with Gasteiger partial charge in [-0.1, -0.05) is 0 Å². The second-order valence-corrected chi connectivity index (χ2v) is 5.03. The Balaban J connectivity index is 2.71.